The van der Waals surface area contributed by atoms with Gasteiger partial charge in [0.15, 0.2) is 0 Å². The van der Waals surface area contributed by atoms with Crippen molar-refractivity contribution >= 4 is 17.7 Å². The monoisotopic (exact) mass is 212 g/mol. The summed E-state index contributed by atoms with van der Waals surface area (Å²) < 4.78 is 12.6. The van der Waals surface area contributed by atoms with Crippen LogP contribution in [0.5, 0.6) is 0 Å². The van der Waals surface area contributed by atoms with E-state index in [0.29, 0.717) is 11.8 Å². The third kappa shape index (κ3) is 3.15. The maximum absolute atomic E-state index is 12.6. The van der Waals surface area contributed by atoms with Crippen LogP contribution in [0.1, 0.15) is 19.4 Å². The van der Waals surface area contributed by atoms with Gasteiger partial charge in [-0.3, -0.25) is 0 Å². The highest BCUT2D eigenvalue weighted by Gasteiger charge is 2.01. The maximum Gasteiger partial charge on any atom is 0.123 e. The lowest BCUT2D eigenvalue weighted by atomic mass is 10.0. The molecule has 0 saturated carbocycles. The van der Waals surface area contributed by atoms with Crippen molar-refractivity contribution in [1.82, 2.24) is 0 Å². The van der Waals surface area contributed by atoms with E-state index in [9.17, 15) is 4.39 Å². The molecular formula is C12H14ClF. The molecule has 0 aliphatic carbocycles. The lowest BCUT2D eigenvalue weighted by molar-refractivity contribution is 0.627. The van der Waals surface area contributed by atoms with Crippen molar-refractivity contribution < 1.29 is 4.39 Å². The Balaban J connectivity index is 2.89. The average molecular weight is 213 g/mol. The van der Waals surface area contributed by atoms with Crippen LogP contribution in [0.4, 0.5) is 4.39 Å². The Morgan fingerprint density at radius 3 is 2.36 bits per heavy atom. The Morgan fingerprint density at radius 2 is 1.93 bits per heavy atom. The minimum absolute atomic E-state index is 0.209. The molecule has 0 radical (unpaired) electrons. The molecule has 0 spiro atoms. The van der Waals surface area contributed by atoms with Crippen molar-refractivity contribution in [1.29, 1.82) is 0 Å². The maximum atomic E-state index is 12.6. The minimum Gasteiger partial charge on any atom is -0.207 e. The van der Waals surface area contributed by atoms with Crippen molar-refractivity contribution in [2.45, 2.75) is 13.8 Å². The molecule has 0 heterocycles. The molecule has 0 aliphatic rings. The fourth-order valence-electron chi connectivity index (χ4n) is 1.13. The number of alkyl halides is 1. The number of allylic oxidation sites excluding steroid dienone is 1. The highest BCUT2D eigenvalue weighted by Crippen LogP contribution is 2.16. The topological polar surface area (TPSA) is 0 Å². The SMILES string of the molecule is CC(C)C(=Cc1ccc(F)cc1)CCl. The summed E-state index contributed by atoms with van der Waals surface area (Å²) in [6.45, 7) is 4.19. The molecule has 0 atom stereocenters. The molecule has 0 N–H and O–H groups in total. The van der Waals surface area contributed by atoms with Crippen molar-refractivity contribution in [3.63, 3.8) is 0 Å². The van der Waals surface area contributed by atoms with Crippen LogP contribution in [0.2, 0.25) is 0 Å². The molecule has 1 aromatic rings. The molecule has 0 aliphatic heterocycles. The molecular weight excluding hydrogens is 199 g/mol. The lowest BCUT2D eigenvalue weighted by Crippen LogP contribution is -1.95. The summed E-state index contributed by atoms with van der Waals surface area (Å²) >= 11 is 5.80. The van der Waals surface area contributed by atoms with Gasteiger partial charge in [0.25, 0.3) is 0 Å². The van der Waals surface area contributed by atoms with Crippen molar-refractivity contribution in [2.75, 3.05) is 5.88 Å². The first-order valence-corrected chi connectivity index (χ1v) is 5.19. The molecule has 0 amide bonds. The van der Waals surface area contributed by atoms with Gasteiger partial charge >= 0.3 is 0 Å². The molecule has 0 aromatic heterocycles. The predicted molar refractivity (Wildman–Crippen MR) is 59.9 cm³/mol. The Bertz CT molecular complexity index is 312. The van der Waals surface area contributed by atoms with Gasteiger partial charge in [0, 0.05) is 5.88 Å². The largest absolute Gasteiger partial charge is 0.207 e. The number of halogens is 2. The van der Waals surface area contributed by atoms with Crippen LogP contribution in [-0.2, 0) is 0 Å². The van der Waals surface area contributed by atoms with Crippen molar-refractivity contribution in [3.05, 3.63) is 41.2 Å². The van der Waals surface area contributed by atoms with E-state index in [4.69, 9.17) is 11.6 Å². The van der Waals surface area contributed by atoms with E-state index in [1.165, 1.54) is 17.7 Å². The second kappa shape index (κ2) is 5.16. The highest BCUT2D eigenvalue weighted by molar-refractivity contribution is 6.19. The standard InChI is InChI=1S/C12H14ClF/c1-9(2)11(8-13)7-10-3-5-12(14)6-4-10/h3-7,9H,8H2,1-2H3. The fourth-order valence-corrected chi connectivity index (χ4v) is 1.52. The summed E-state index contributed by atoms with van der Waals surface area (Å²) in [6.07, 6.45) is 2.01. The first-order valence-electron chi connectivity index (χ1n) is 4.65. The van der Waals surface area contributed by atoms with Crippen LogP contribution >= 0.6 is 11.6 Å². The number of benzene rings is 1. The van der Waals surface area contributed by atoms with Gasteiger partial charge in [0.2, 0.25) is 0 Å². The van der Waals surface area contributed by atoms with Crippen LogP contribution in [0, 0.1) is 11.7 Å². The summed E-state index contributed by atoms with van der Waals surface area (Å²) in [4.78, 5) is 0. The van der Waals surface area contributed by atoms with Gasteiger partial charge < -0.3 is 0 Å². The van der Waals surface area contributed by atoms with E-state index in [2.05, 4.69) is 13.8 Å². The summed E-state index contributed by atoms with van der Waals surface area (Å²) in [5.74, 6) is 0.742. The molecule has 2 heteroatoms. The number of hydrogen-bond acceptors (Lipinski definition) is 0. The van der Waals surface area contributed by atoms with Gasteiger partial charge in [-0.1, -0.05) is 37.6 Å². The molecule has 76 valence electrons. The van der Waals surface area contributed by atoms with E-state index >= 15 is 0 Å². The van der Waals surface area contributed by atoms with E-state index < -0.39 is 0 Å². The summed E-state index contributed by atoms with van der Waals surface area (Å²) in [7, 11) is 0. The van der Waals surface area contributed by atoms with Crippen LogP contribution in [-0.4, -0.2) is 5.88 Å². The van der Waals surface area contributed by atoms with E-state index in [0.717, 1.165) is 5.56 Å². The van der Waals surface area contributed by atoms with Crippen molar-refractivity contribution in [2.24, 2.45) is 5.92 Å². The van der Waals surface area contributed by atoms with Gasteiger partial charge in [-0.25, -0.2) is 4.39 Å². The molecule has 0 saturated heterocycles. The normalized spacial score (nSPS) is 12.2. The zero-order chi connectivity index (χ0) is 10.6. The van der Waals surface area contributed by atoms with Crippen LogP contribution in [0.3, 0.4) is 0 Å². The average Bonchev–Trinajstić information content (AvgIpc) is 2.16. The predicted octanol–water partition coefficient (Wildman–Crippen LogP) is 4.10. The lowest BCUT2D eigenvalue weighted by Gasteiger charge is -2.07. The second-order valence-electron chi connectivity index (χ2n) is 3.56. The molecule has 1 aromatic carbocycles. The van der Waals surface area contributed by atoms with Gasteiger partial charge in [0.1, 0.15) is 5.82 Å². The van der Waals surface area contributed by atoms with Gasteiger partial charge in [-0.2, -0.15) is 0 Å². The third-order valence-corrected chi connectivity index (χ3v) is 2.43. The molecule has 0 bridgehead atoms. The van der Waals surface area contributed by atoms with Crippen LogP contribution in [0.25, 0.3) is 6.08 Å². The summed E-state index contributed by atoms with van der Waals surface area (Å²) in [5, 5.41) is 0. The summed E-state index contributed by atoms with van der Waals surface area (Å²) in [6, 6.07) is 6.42. The van der Waals surface area contributed by atoms with Gasteiger partial charge in [-0.05, 0) is 23.6 Å². The quantitative estimate of drug-likeness (QED) is 0.662. The Labute approximate surface area is 89.4 Å². The summed E-state index contributed by atoms with van der Waals surface area (Å²) in [5.41, 5.74) is 2.16. The first-order chi connectivity index (χ1) is 6.63. The molecule has 1 rings (SSSR count). The van der Waals surface area contributed by atoms with Crippen molar-refractivity contribution in [3.8, 4) is 0 Å². The Hall–Kier alpha value is -0.820. The zero-order valence-electron chi connectivity index (χ0n) is 8.43. The van der Waals surface area contributed by atoms with E-state index in [-0.39, 0.29) is 5.82 Å². The molecule has 0 nitrogen and oxygen atoms in total. The molecule has 14 heavy (non-hydrogen) atoms. The van der Waals surface area contributed by atoms with Crippen LogP contribution in [0.15, 0.2) is 29.8 Å². The van der Waals surface area contributed by atoms with E-state index in [1.807, 2.05) is 6.08 Å². The second-order valence-corrected chi connectivity index (χ2v) is 3.83. The van der Waals surface area contributed by atoms with Crippen LogP contribution < -0.4 is 0 Å². The fraction of sp³-hybridized carbons (Fsp3) is 0.333. The van der Waals surface area contributed by atoms with Gasteiger partial charge in [0.05, 0.1) is 0 Å². The minimum atomic E-state index is -0.209. The first kappa shape index (κ1) is 11.3. The number of hydrogen-bond donors (Lipinski definition) is 0. The van der Waals surface area contributed by atoms with Gasteiger partial charge in [-0.15, -0.1) is 11.6 Å². The van der Waals surface area contributed by atoms with E-state index in [1.54, 1.807) is 12.1 Å². The Morgan fingerprint density at radius 1 is 1.36 bits per heavy atom. The zero-order valence-corrected chi connectivity index (χ0v) is 9.18. The highest BCUT2D eigenvalue weighted by atomic mass is 35.5. The molecule has 0 unspecified atom stereocenters. The smallest absolute Gasteiger partial charge is 0.123 e. The third-order valence-electron chi connectivity index (χ3n) is 2.12. The molecule has 0 fully saturated rings. The number of rotatable bonds is 3. The Kier molecular flexibility index (Phi) is 4.15.